The lowest BCUT2D eigenvalue weighted by atomic mass is 10.1. The van der Waals surface area contributed by atoms with Crippen LogP contribution in [0, 0.1) is 0 Å². The predicted octanol–water partition coefficient (Wildman–Crippen LogP) is 3.68. The number of aliphatic imine (C=N–C) groups is 1. The molecule has 9 heteroatoms. The average Bonchev–Trinajstić information content (AvgIpc) is 2.74. The van der Waals surface area contributed by atoms with Crippen molar-refractivity contribution in [3.8, 4) is 11.6 Å². The number of guanidine groups is 1. The molecule has 0 fully saturated rings. The zero-order valence-electron chi connectivity index (χ0n) is 17.6. The molecule has 0 spiro atoms. The van der Waals surface area contributed by atoms with Gasteiger partial charge in [0.05, 0.1) is 20.3 Å². The van der Waals surface area contributed by atoms with Crippen LogP contribution in [0.5, 0.6) is 11.6 Å². The van der Waals surface area contributed by atoms with Crippen LogP contribution < -0.4 is 20.1 Å². The largest absolute Gasteiger partial charge is 0.497 e. The Kier molecular flexibility index (Phi) is 13.2. The van der Waals surface area contributed by atoms with Crippen LogP contribution in [0.1, 0.15) is 18.1 Å². The summed E-state index contributed by atoms with van der Waals surface area (Å²) in [7, 11) is 3.27. The minimum absolute atomic E-state index is 0. The second-order valence-corrected chi connectivity index (χ2v) is 6.55. The summed E-state index contributed by atoms with van der Waals surface area (Å²) in [5, 5.41) is 7.28. The third-order valence-corrected chi connectivity index (χ3v) is 4.43. The van der Waals surface area contributed by atoms with Crippen LogP contribution in [0.4, 0.5) is 0 Å². The van der Waals surface area contributed by atoms with Gasteiger partial charge in [-0.1, -0.05) is 23.7 Å². The molecule has 0 bridgehead atoms. The fourth-order valence-electron chi connectivity index (χ4n) is 2.58. The molecule has 1 aromatic carbocycles. The molecule has 0 aliphatic heterocycles. The van der Waals surface area contributed by atoms with Gasteiger partial charge in [0, 0.05) is 37.0 Å². The van der Waals surface area contributed by atoms with E-state index in [1.165, 1.54) is 0 Å². The number of hydrogen-bond acceptors (Lipinski definition) is 5. The van der Waals surface area contributed by atoms with Gasteiger partial charge >= 0.3 is 0 Å². The van der Waals surface area contributed by atoms with Crippen molar-refractivity contribution in [3.63, 3.8) is 0 Å². The summed E-state index contributed by atoms with van der Waals surface area (Å²) in [6.45, 7) is 4.90. The maximum absolute atomic E-state index is 6.31. The minimum atomic E-state index is 0. The van der Waals surface area contributed by atoms with Gasteiger partial charge in [-0.3, -0.25) is 0 Å². The van der Waals surface area contributed by atoms with Crippen molar-refractivity contribution in [2.75, 3.05) is 40.5 Å². The number of benzene rings is 1. The van der Waals surface area contributed by atoms with E-state index in [4.69, 9.17) is 25.8 Å². The standard InChI is InChI=1S/C21H29ClN4O3.HI/c1-4-23-21(25-11-9-16-7-8-18(28-3)14-19(16)22)26-15-17-6-5-10-24-20(17)29-13-12-27-2;/h5-8,10,14H,4,9,11-13,15H2,1-3H3,(H2,23,25,26);1H. The van der Waals surface area contributed by atoms with Crippen molar-refractivity contribution in [1.29, 1.82) is 0 Å². The monoisotopic (exact) mass is 548 g/mol. The fraction of sp³-hybridized carbons (Fsp3) is 0.429. The Balaban J connectivity index is 0.00000450. The van der Waals surface area contributed by atoms with Gasteiger partial charge in [0.2, 0.25) is 5.88 Å². The lowest BCUT2D eigenvalue weighted by Gasteiger charge is -2.13. The van der Waals surface area contributed by atoms with Gasteiger partial charge < -0.3 is 24.8 Å². The zero-order valence-corrected chi connectivity index (χ0v) is 20.7. The highest BCUT2D eigenvalue weighted by atomic mass is 127. The highest BCUT2D eigenvalue weighted by molar-refractivity contribution is 14.0. The van der Waals surface area contributed by atoms with Crippen molar-refractivity contribution in [3.05, 3.63) is 52.7 Å². The second-order valence-electron chi connectivity index (χ2n) is 6.14. The SMILES string of the molecule is CCNC(=NCc1cccnc1OCCOC)NCCc1ccc(OC)cc1Cl.I. The fourth-order valence-corrected chi connectivity index (χ4v) is 2.84. The molecular weight excluding hydrogens is 519 g/mol. The molecule has 0 aliphatic rings. The number of hydrogen-bond donors (Lipinski definition) is 2. The Morgan fingerprint density at radius 1 is 1.13 bits per heavy atom. The van der Waals surface area contributed by atoms with Crippen molar-refractivity contribution in [2.45, 2.75) is 19.9 Å². The summed E-state index contributed by atoms with van der Waals surface area (Å²) in [5.74, 6) is 2.06. The number of aromatic nitrogens is 1. The third-order valence-electron chi connectivity index (χ3n) is 4.07. The van der Waals surface area contributed by atoms with Crippen molar-refractivity contribution in [2.24, 2.45) is 4.99 Å². The minimum Gasteiger partial charge on any atom is -0.497 e. The maximum atomic E-state index is 6.31. The Bertz CT molecular complexity index is 793. The highest BCUT2D eigenvalue weighted by Crippen LogP contribution is 2.22. The Morgan fingerprint density at radius 2 is 1.97 bits per heavy atom. The molecule has 166 valence electrons. The maximum Gasteiger partial charge on any atom is 0.218 e. The quantitative estimate of drug-likeness (QED) is 0.193. The normalized spacial score (nSPS) is 10.9. The molecule has 2 rings (SSSR count). The van der Waals surface area contributed by atoms with Crippen molar-refractivity contribution < 1.29 is 14.2 Å². The second kappa shape index (κ2) is 15.1. The third kappa shape index (κ3) is 8.93. The Hall–Kier alpha value is -1.78. The first-order valence-electron chi connectivity index (χ1n) is 9.58. The highest BCUT2D eigenvalue weighted by Gasteiger charge is 2.06. The molecule has 0 atom stereocenters. The van der Waals surface area contributed by atoms with E-state index in [0.717, 1.165) is 35.8 Å². The molecule has 0 aliphatic carbocycles. The van der Waals surface area contributed by atoms with E-state index < -0.39 is 0 Å². The van der Waals surface area contributed by atoms with Crippen LogP contribution in [0.3, 0.4) is 0 Å². The topological polar surface area (TPSA) is 77.0 Å². The number of nitrogens with one attached hydrogen (secondary N) is 2. The smallest absolute Gasteiger partial charge is 0.218 e. The number of nitrogens with zero attached hydrogens (tertiary/aromatic N) is 2. The first-order chi connectivity index (χ1) is 14.2. The van der Waals surface area contributed by atoms with Gasteiger partial charge in [0.15, 0.2) is 5.96 Å². The van der Waals surface area contributed by atoms with E-state index in [1.54, 1.807) is 20.4 Å². The first kappa shape index (κ1) is 26.3. The molecule has 2 aromatic rings. The van der Waals surface area contributed by atoms with Gasteiger partial charge in [-0.2, -0.15) is 0 Å². The van der Waals surface area contributed by atoms with Crippen LogP contribution in [0.15, 0.2) is 41.5 Å². The van der Waals surface area contributed by atoms with E-state index in [1.807, 2.05) is 37.3 Å². The van der Waals surface area contributed by atoms with Crippen molar-refractivity contribution in [1.82, 2.24) is 15.6 Å². The molecular formula is C21H30ClIN4O3. The molecule has 30 heavy (non-hydrogen) atoms. The van der Waals surface area contributed by atoms with Gasteiger partial charge in [-0.05, 0) is 37.1 Å². The van der Waals surface area contributed by atoms with E-state index in [-0.39, 0.29) is 24.0 Å². The van der Waals surface area contributed by atoms with Crippen molar-refractivity contribution >= 4 is 41.5 Å². The molecule has 0 amide bonds. The summed E-state index contributed by atoms with van der Waals surface area (Å²) in [5.41, 5.74) is 1.97. The van der Waals surface area contributed by atoms with Gasteiger partial charge in [0.1, 0.15) is 12.4 Å². The van der Waals surface area contributed by atoms with Crippen LogP contribution in [-0.4, -0.2) is 51.5 Å². The summed E-state index contributed by atoms with van der Waals surface area (Å²) >= 11 is 6.31. The summed E-state index contributed by atoms with van der Waals surface area (Å²) in [6.07, 6.45) is 2.48. The molecule has 0 radical (unpaired) electrons. The molecule has 0 saturated heterocycles. The molecule has 1 heterocycles. The molecule has 1 aromatic heterocycles. The van der Waals surface area contributed by atoms with Gasteiger partial charge in [-0.15, -0.1) is 24.0 Å². The molecule has 0 unspecified atom stereocenters. The number of ether oxygens (including phenoxy) is 3. The van der Waals surface area contributed by atoms with E-state index in [9.17, 15) is 0 Å². The molecule has 0 saturated carbocycles. The van der Waals surface area contributed by atoms with Crippen LogP contribution in [0.2, 0.25) is 5.02 Å². The lowest BCUT2D eigenvalue weighted by molar-refractivity contribution is 0.143. The molecule has 7 nitrogen and oxygen atoms in total. The van der Waals surface area contributed by atoms with E-state index in [2.05, 4.69) is 20.6 Å². The van der Waals surface area contributed by atoms with Crippen LogP contribution >= 0.6 is 35.6 Å². The number of pyridine rings is 1. The van der Waals surface area contributed by atoms with E-state index >= 15 is 0 Å². The predicted molar refractivity (Wildman–Crippen MR) is 132 cm³/mol. The molecule has 2 N–H and O–H groups in total. The van der Waals surface area contributed by atoms with E-state index in [0.29, 0.717) is 37.2 Å². The first-order valence-corrected chi connectivity index (χ1v) is 9.96. The lowest BCUT2D eigenvalue weighted by Crippen LogP contribution is -2.38. The Labute approximate surface area is 200 Å². The number of methoxy groups -OCH3 is 2. The van der Waals surface area contributed by atoms with Gasteiger partial charge in [-0.25, -0.2) is 9.98 Å². The average molecular weight is 549 g/mol. The Morgan fingerprint density at radius 3 is 2.67 bits per heavy atom. The number of rotatable bonds is 11. The summed E-state index contributed by atoms with van der Waals surface area (Å²) in [4.78, 5) is 8.93. The van der Waals surface area contributed by atoms with Crippen LogP contribution in [0.25, 0.3) is 0 Å². The summed E-state index contributed by atoms with van der Waals surface area (Å²) in [6, 6.07) is 9.54. The number of halogens is 2. The van der Waals surface area contributed by atoms with Crippen LogP contribution in [-0.2, 0) is 17.7 Å². The van der Waals surface area contributed by atoms with Gasteiger partial charge in [0.25, 0.3) is 0 Å². The summed E-state index contributed by atoms with van der Waals surface area (Å²) < 4.78 is 15.9. The zero-order chi connectivity index (χ0) is 20.9.